The Morgan fingerprint density at radius 3 is 2.36 bits per heavy atom. The summed E-state index contributed by atoms with van der Waals surface area (Å²) < 4.78 is 5.15. The Bertz CT molecular complexity index is 726. The van der Waals surface area contributed by atoms with Crippen molar-refractivity contribution in [3.05, 3.63) is 59.7 Å². The van der Waals surface area contributed by atoms with E-state index in [1.54, 1.807) is 7.11 Å². The number of anilines is 1. The highest BCUT2D eigenvalue weighted by Gasteiger charge is 2.18. The minimum absolute atomic E-state index is 0.143. The number of hydrogen-bond donors (Lipinski definition) is 2. The number of rotatable bonds is 7. The average Bonchev–Trinajstić information content (AvgIpc) is 2.61. The second-order valence-corrected chi connectivity index (χ2v) is 5.79. The summed E-state index contributed by atoms with van der Waals surface area (Å²) in [6.45, 7) is 3.49. The molecule has 0 aliphatic heterocycles. The summed E-state index contributed by atoms with van der Waals surface area (Å²) in [5.41, 5.74) is 2.75. The lowest BCUT2D eigenvalue weighted by Gasteiger charge is -2.19. The Morgan fingerprint density at radius 2 is 1.76 bits per heavy atom. The van der Waals surface area contributed by atoms with Crippen molar-refractivity contribution < 1.29 is 14.3 Å². The van der Waals surface area contributed by atoms with Crippen LogP contribution in [0.4, 0.5) is 5.69 Å². The van der Waals surface area contributed by atoms with Crippen LogP contribution >= 0.6 is 0 Å². The zero-order valence-corrected chi connectivity index (χ0v) is 14.8. The van der Waals surface area contributed by atoms with Gasteiger partial charge in [-0.15, -0.1) is 0 Å². The topological polar surface area (TPSA) is 67.4 Å². The van der Waals surface area contributed by atoms with E-state index in [9.17, 15) is 9.59 Å². The first kappa shape index (κ1) is 18.5. The zero-order valence-electron chi connectivity index (χ0n) is 14.8. The van der Waals surface area contributed by atoms with Gasteiger partial charge in [0.05, 0.1) is 19.6 Å². The van der Waals surface area contributed by atoms with Crippen molar-refractivity contribution in [2.24, 2.45) is 0 Å². The Hall–Kier alpha value is -2.82. The minimum atomic E-state index is -0.391. The van der Waals surface area contributed by atoms with Crippen LogP contribution < -0.4 is 15.4 Å². The number of amides is 2. The smallest absolute Gasteiger partial charge is 0.226 e. The lowest BCUT2D eigenvalue weighted by molar-refractivity contribution is -0.120. The van der Waals surface area contributed by atoms with Crippen molar-refractivity contribution in [3.63, 3.8) is 0 Å². The van der Waals surface area contributed by atoms with Crippen LogP contribution in [-0.4, -0.2) is 18.9 Å². The Kier molecular flexibility index (Phi) is 6.57. The van der Waals surface area contributed by atoms with E-state index >= 15 is 0 Å². The van der Waals surface area contributed by atoms with Crippen LogP contribution in [0.1, 0.15) is 37.4 Å². The van der Waals surface area contributed by atoms with Crippen LogP contribution in [0.5, 0.6) is 5.75 Å². The fourth-order valence-electron chi connectivity index (χ4n) is 2.67. The highest BCUT2D eigenvalue weighted by molar-refractivity contribution is 5.92. The van der Waals surface area contributed by atoms with Crippen LogP contribution in [0.25, 0.3) is 0 Å². The molecule has 1 atom stereocenters. The fraction of sp³-hybridized carbons (Fsp3) is 0.300. The second-order valence-electron chi connectivity index (χ2n) is 5.79. The zero-order chi connectivity index (χ0) is 18.2. The molecule has 25 heavy (non-hydrogen) atoms. The predicted molar refractivity (Wildman–Crippen MR) is 98.6 cm³/mol. The molecule has 0 aromatic heterocycles. The quantitative estimate of drug-likeness (QED) is 0.811. The van der Waals surface area contributed by atoms with Crippen molar-refractivity contribution >= 4 is 17.5 Å². The number of carbonyl (C=O) groups is 2. The Labute approximate surface area is 148 Å². The number of methoxy groups -OCH3 is 1. The van der Waals surface area contributed by atoms with Crippen molar-refractivity contribution in [2.45, 2.75) is 32.7 Å². The molecule has 0 spiro atoms. The molecule has 0 fully saturated rings. The molecule has 1 unspecified atom stereocenters. The van der Waals surface area contributed by atoms with Crippen LogP contribution in [0, 0.1) is 0 Å². The Morgan fingerprint density at radius 1 is 1.08 bits per heavy atom. The van der Waals surface area contributed by atoms with E-state index in [2.05, 4.69) is 10.6 Å². The molecule has 2 aromatic carbocycles. The van der Waals surface area contributed by atoms with E-state index < -0.39 is 6.04 Å². The van der Waals surface area contributed by atoms with Gasteiger partial charge in [0.15, 0.2) is 0 Å². The first-order chi connectivity index (χ1) is 12.0. The third kappa shape index (κ3) is 5.35. The molecule has 0 aliphatic rings. The Balaban J connectivity index is 2.12. The largest absolute Gasteiger partial charge is 0.497 e. The van der Waals surface area contributed by atoms with E-state index in [0.29, 0.717) is 0 Å². The van der Waals surface area contributed by atoms with Gasteiger partial charge < -0.3 is 15.4 Å². The van der Waals surface area contributed by atoms with E-state index in [1.807, 2.05) is 55.5 Å². The van der Waals surface area contributed by atoms with Gasteiger partial charge in [0.2, 0.25) is 11.8 Å². The molecule has 0 radical (unpaired) electrons. The van der Waals surface area contributed by atoms with Gasteiger partial charge in [0, 0.05) is 12.6 Å². The molecule has 0 saturated heterocycles. The molecule has 0 saturated carbocycles. The maximum Gasteiger partial charge on any atom is 0.226 e. The van der Waals surface area contributed by atoms with E-state index in [4.69, 9.17) is 4.74 Å². The second kappa shape index (κ2) is 8.87. The molecule has 0 bridgehead atoms. The molecule has 2 amide bonds. The van der Waals surface area contributed by atoms with Crippen molar-refractivity contribution in [1.82, 2.24) is 5.32 Å². The van der Waals surface area contributed by atoms with Gasteiger partial charge in [-0.1, -0.05) is 37.3 Å². The molecule has 5 nitrogen and oxygen atoms in total. The number of aryl methyl sites for hydroxylation is 1. The number of hydrogen-bond acceptors (Lipinski definition) is 3. The molecular formula is C20H24N2O3. The maximum atomic E-state index is 12.5. The number of benzene rings is 2. The maximum absolute atomic E-state index is 12.5. The number of ether oxygens (including phenoxy) is 1. The SMILES string of the molecule is CCc1ccccc1NC(=O)CC(NC(C)=O)c1ccc(OC)cc1. The van der Waals surface area contributed by atoms with Gasteiger partial charge in [0.1, 0.15) is 5.75 Å². The van der Waals surface area contributed by atoms with Crippen LogP contribution in [0.2, 0.25) is 0 Å². The summed E-state index contributed by atoms with van der Waals surface area (Å²) in [7, 11) is 1.60. The molecule has 5 heteroatoms. The van der Waals surface area contributed by atoms with E-state index in [1.165, 1.54) is 6.92 Å². The standard InChI is InChI=1S/C20H24N2O3/c1-4-15-7-5-6-8-18(15)22-20(24)13-19(21-14(2)23)16-9-11-17(25-3)12-10-16/h5-12,19H,4,13H2,1-3H3,(H,21,23)(H,22,24). The van der Waals surface area contributed by atoms with E-state index in [-0.39, 0.29) is 18.2 Å². The highest BCUT2D eigenvalue weighted by atomic mass is 16.5. The van der Waals surface area contributed by atoms with Gasteiger partial charge >= 0.3 is 0 Å². The summed E-state index contributed by atoms with van der Waals surface area (Å²) in [5, 5.41) is 5.78. The predicted octanol–water partition coefficient (Wildman–Crippen LogP) is 3.46. The molecular weight excluding hydrogens is 316 g/mol. The normalized spacial score (nSPS) is 11.5. The average molecular weight is 340 g/mol. The monoisotopic (exact) mass is 340 g/mol. The van der Waals surface area contributed by atoms with Gasteiger partial charge in [-0.05, 0) is 35.7 Å². The summed E-state index contributed by atoms with van der Waals surface area (Å²) in [6, 6.07) is 14.7. The van der Waals surface area contributed by atoms with Gasteiger partial charge in [0.25, 0.3) is 0 Å². The fourth-order valence-corrected chi connectivity index (χ4v) is 2.67. The number of para-hydroxylation sites is 1. The van der Waals surface area contributed by atoms with Crippen molar-refractivity contribution in [1.29, 1.82) is 0 Å². The van der Waals surface area contributed by atoms with Gasteiger partial charge in [-0.2, -0.15) is 0 Å². The third-order valence-electron chi connectivity index (χ3n) is 3.96. The summed E-state index contributed by atoms with van der Waals surface area (Å²) in [5.74, 6) is 0.407. The van der Waals surface area contributed by atoms with Crippen molar-refractivity contribution in [2.75, 3.05) is 12.4 Å². The molecule has 2 N–H and O–H groups in total. The first-order valence-corrected chi connectivity index (χ1v) is 8.32. The molecule has 0 aliphatic carbocycles. The van der Waals surface area contributed by atoms with Crippen LogP contribution in [-0.2, 0) is 16.0 Å². The number of nitrogens with one attached hydrogen (secondary N) is 2. The summed E-state index contributed by atoms with van der Waals surface area (Å²) >= 11 is 0. The lowest BCUT2D eigenvalue weighted by atomic mass is 10.0. The molecule has 132 valence electrons. The molecule has 0 heterocycles. The minimum Gasteiger partial charge on any atom is -0.497 e. The van der Waals surface area contributed by atoms with Crippen LogP contribution in [0.3, 0.4) is 0 Å². The number of carbonyl (C=O) groups excluding carboxylic acids is 2. The van der Waals surface area contributed by atoms with Gasteiger partial charge in [-0.25, -0.2) is 0 Å². The molecule has 2 rings (SSSR count). The van der Waals surface area contributed by atoms with E-state index in [0.717, 1.165) is 29.0 Å². The summed E-state index contributed by atoms with van der Waals surface area (Å²) in [6.07, 6.45) is 0.994. The highest BCUT2D eigenvalue weighted by Crippen LogP contribution is 2.22. The summed E-state index contributed by atoms with van der Waals surface area (Å²) in [4.78, 5) is 24.0. The van der Waals surface area contributed by atoms with Gasteiger partial charge in [-0.3, -0.25) is 9.59 Å². The van der Waals surface area contributed by atoms with Crippen LogP contribution in [0.15, 0.2) is 48.5 Å². The third-order valence-corrected chi connectivity index (χ3v) is 3.96. The van der Waals surface area contributed by atoms with Crippen molar-refractivity contribution in [3.8, 4) is 5.75 Å². The first-order valence-electron chi connectivity index (χ1n) is 8.32. The lowest BCUT2D eigenvalue weighted by Crippen LogP contribution is -2.29. The molecule has 2 aromatic rings.